The second-order valence-electron chi connectivity index (χ2n) is 7.47. The maximum atomic E-state index is 11.8. The molecule has 1 aliphatic heterocycles. The number of fused-ring (bicyclic) bond motifs is 2. The topological polar surface area (TPSA) is 78.3 Å². The number of hydrogen-bond acceptors (Lipinski definition) is 4. The Labute approximate surface area is 176 Å². The Morgan fingerprint density at radius 2 is 2.17 bits per heavy atom. The van der Waals surface area contributed by atoms with Crippen LogP contribution in [0.15, 0.2) is 36.5 Å². The van der Waals surface area contributed by atoms with Crippen LogP contribution in [0.3, 0.4) is 0 Å². The maximum absolute atomic E-state index is 11.8. The van der Waals surface area contributed by atoms with Gasteiger partial charge in [0.2, 0.25) is 6.41 Å². The summed E-state index contributed by atoms with van der Waals surface area (Å²) < 4.78 is 11.3. The van der Waals surface area contributed by atoms with Crippen LogP contribution in [0.2, 0.25) is 0 Å². The number of rotatable bonds is 7. The first-order valence-electron chi connectivity index (χ1n) is 10.2. The van der Waals surface area contributed by atoms with Crippen molar-refractivity contribution < 1.29 is 14.3 Å². The molecule has 6 nitrogen and oxygen atoms in total. The molecule has 0 saturated heterocycles. The molecule has 154 valence electrons. The summed E-state index contributed by atoms with van der Waals surface area (Å²) in [6, 6.07) is 11.9. The second-order valence-corrected chi connectivity index (χ2v) is 7.47. The van der Waals surface area contributed by atoms with Crippen LogP contribution >= 0.6 is 0 Å². The molecule has 0 aliphatic carbocycles. The van der Waals surface area contributed by atoms with Crippen LogP contribution in [0.5, 0.6) is 11.5 Å². The van der Waals surface area contributed by atoms with Crippen molar-refractivity contribution in [2.75, 3.05) is 20.3 Å². The molecule has 1 amide bonds. The third-order valence-corrected chi connectivity index (χ3v) is 5.84. The van der Waals surface area contributed by atoms with Crippen molar-refractivity contribution in [3.8, 4) is 17.6 Å². The van der Waals surface area contributed by atoms with Crippen LogP contribution in [0.1, 0.15) is 41.6 Å². The lowest BCUT2D eigenvalue weighted by molar-refractivity contribution is -0.120. The van der Waals surface area contributed by atoms with Crippen LogP contribution in [0, 0.1) is 11.3 Å². The number of aromatic amines is 1. The highest BCUT2D eigenvalue weighted by molar-refractivity contribution is 5.84. The quantitative estimate of drug-likeness (QED) is 0.602. The largest absolute Gasteiger partial charge is 0.493 e. The molecule has 1 N–H and O–H groups in total. The SMILES string of the molecule is CCOc1cc2c(cc1OC)CCN(C=O)[C@H]2CCc1c[nH]c2ccc(C#N)cc12. The molecular weight excluding hydrogens is 378 g/mol. The normalized spacial score (nSPS) is 15.5. The summed E-state index contributed by atoms with van der Waals surface area (Å²) in [4.78, 5) is 17.0. The first-order chi connectivity index (χ1) is 14.7. The molecule has 0 bridgehead atoms. The number of hydrogen-bond donors (Lipinski definition) is 1. The summed E-state index contributed by atoms with van der Waals surface area (Å²) in [6.45, 7) is 3.18. The van der Waals surface area contributed by atoms with E-state index in [4.69, 9.17) is 9.47 Å². The van der Waals surface area contributed by atoms with Gasteiger partial charge >= 0.3 is 0 Å². The molecule has 0 unspecified atom stereocenters. The molecule has 6 heteroatoms. The Kier molecular flexibility index (Phi) is 5.62. The molecule has 3 aromatic rings. The number of aryl methyl sites for hydroxylation is 1. The number of ether oxygens (including phenoxy) is 2. The lowest BCUT2D eigenvalue weighted by atomic mass is 9.88. The predicted molar refractivity (Wildman–Crippen MR) is 115 cm³/mol. The average Bonchev–Trinajstić information content (AvgIpc) is 3.19. The molecule has 0 saturated carbocycles. The summed E-state index contributed by atoms with van der Waals surface area (Å²) in [5, 5.41) is 10.3. The number of H-pyrrole nitrogens is 1. The van der Waals surface area contributed by atoms with Gasteiger partial charge in [0.1, 0.15) is 0 Å². The van der Waals surface area contributed by atoms with E-state index in [9.17, 15) is 10.1 Å². The van der Waals surface area contributed by atoms with Crippen LogP contribution in [0.25, 0.3) is 10.9 Å². The van der Waals surface area contributed by atoms with E-state index in [0.717, 1.165) is 53.5 Å². The van der Waals surface area contributed by atoms with Crippen molar-refractivity contribution in [1.29, 1.82) is 5.26 Å². The molecule has 0 fully saturated rings. The minimum absolute atomic E-state index is 0.0274. The van der Waals surface area contributed by atoms with E-state index in [1.54, 1.807) is 7.11 Å². The zero-order valence-corrected chi connectivity index (χ0v) is 17.3. The maximum Gasteiger partial charge on any atom is 0.210 e. The smallest absolute Gasteiger partial charge is 0.210 e. The summed E-state index contributed by atoms with van der Waals surface area (Å²) in [7, 11) is 1.65. The zero-order chi connectivity index (χ0) is 21.1. The number of amides is 1. The number of nitriles is 1. The fraction of sp³-hybridized carbons (Fsp3) is 0.333. The number of methoxy groups -OCH3 is 1. The number of benzene rings is 2. The summed E-state index contributed by atoms with van der Waals surface area (Å²) in [5.41, 5.74) is 5.14. The van der Waals surface area contributed by atoms with Gasteiger partial charge in [0.25, 0.3) is 0 Å². The van der Waals surface area contributed by atoms with Gasteiger partial charge in [-0.3, -0.25) is 4.79 Å². The Morgan fingerprint density at radius 1 is 1.30 bits per heavy atom. The standard InChI is InChI=1S/C24H25N3O3/c1-3-30-24-12-20-17(11-23(24)29-2)8-9-27(15-28)22(20)7-5-18-14-26-21-6-4-16(13-25)10-19(18)21/h4,6,10-12,14-15,22,26H,3,5,7-9H2,1-2H3/t22-/m0/s1. The van der Waals surface area contributed by atoms with Crippen LogP contribution < -0.4 is 9.47 Å². The lowest BCUT2D eigenvalue weighted by Gasteiger charge is -2.35. The first kappa shape index (κ1) is 19.8. The second kappa shape index (κ2) is 8.50. The van der Waals surface area contributed by atoms with E-state index >= 15 is 0 Å². The van der Waals surface area contributed by atoms with Gasteiger partial charge in [-0.2, -0.15) is 5.26 Å². The van der Waals surface area contributed by atoms with Gasteiger partial charge in [-0.1, -0.05) is 0 Å². The van der Waals surface area contributed by atoms with Crippen molar-refractivity contribution in [3.63, 3.8) is 0 Å². The zero-order valence-electron chi connectivity index (χ0n) is 17.3. The van der Waals surface area contributed by atoms with Gasteiger partial charge < -0.3 is 19.4 Å². The highest BCUT2D eigenvalue weighted by atomic mass is 16.5. The molecule has 1 aliphatic rings. The van der Waals surface area contributed by atoms with E-state index in [1.807, 2.05) is 48.4 Å². The molecule has 30 heavy (non-hydrogen) atoms. The number of aromatic nitrogens is 1. The minimum Gasteiger partial charge on any atom is -0.493 e. The van der Waals surface area contributed by atoms with E-state index in [0.29, 0.717) is 24.5 Å². The van der Waals surface area contributed by atoms with Crippen molar-refractivity contribution in [2.24, 2.45) is 0 Å². The van der Waals surface area contributed by atoms with Crippen molar-refractivity contribution >= 4 is 17.3 Å². The minimum atomic E-state index is -0.0274. The van der Waals surface area contributed by atoms with Gasteiger partial charge in [-0.05, 0) is 73.2 Å². The first-order valence-corrected chi connectivity index (χ1v) is 10.2. The van der Waals surface area contributed by atoms with Crippen LogP contribution in [0.4, 0.5) is 0 Å². The monoisotopic (exact) mass is 403 g/mol. The third kappa shape index (κ3) is 3.59. The van der Waals surface area contributed by atoms with E-state index in [-0.39, 0.29) is 6.04 Å². The molecule has 2 heterocycles. The number of carbonyl (C=O) groups excluding carboxylic acids is 1. The fourth-order valence-corrected chi connectivity index (χ4v) is 4.35. The molecule has 0 spiro atoms. The Morgan fingerprint density at radius 3 is 2.90 bits per heavy atom. The van der Waals surface area contributed by atoms with Gasteiger partial charge in [0, 0.05) is 23.6 Å². The molecule has 1 aromatic heterocycles. The van der Waals surface area contributed by atoms with Crippen LogP contribution in [-0.2, 0) is 17.6 Å². The Balaban J connectivity index is 1.66. The van der Waals surface area contributed by atoms with Crippen molar-refractivity contribution in [2.45, 2.75) is 32.2 Å². The van der Waals surface area contributed by atoms with Gasteiger partial charge in [0.05, 0.1) is 31.4 Å². The average molecular weight is 403 g/mol. The molecule has 2 aromatic carbocycles. The molecular formula is C24H25N3O3. The summed E-state index contributed by atoms with van der Waals surface area (Å²) in [6.07, 6.45) is 5.32. The highest BCUT2D eigenvalue weighted by Crippen LogP contribution is 2.39. The lowest BCUT2D eigenvalue weighted by Crippen LogP contribution is -2.34. The fourth-order valence-electron chi connectivity index (χ4n) is 4.35. The van der Waals surface area contributed by atoms with E-state index in [1.165, 1.54) is 5.56 Å². The van der Waals surface area contributed by atoms with Gasteiger partial charge in [0.15, 0.2) is 11.5 Å². The molecule has 0 radical (unpaired) electrons. The van der Waals surface area contributed by atoms with Gasteiger partial charge in [-0.25, -0.2) is 0 Å². The van der Waals surface area contributed by atoms with E-state index < -0.39 is 0 Å². The van der Waals surface area contributed by atoms with E-state index in [2.05, 4.69) is 11.1 Å². The highest BCUT2D eigenvalue weighted by Gasteiger charge is 2.28. The Bertz CT molecular complexity index is 1110. The van der Waals surface area contributed by atoms with Crippen LogP contribution in [-0.4, -0.2) is 36.6 Å². The van der Waals surface area contributed by atoms with Crippen molar-refractivity contribution in [3.05, 3.63) is 58.8 Å². The summed E-state index contributed by atoms with van der Waals surface area (Å²) in [5.74, 6) is 1.44. The molecule has 4 rings (SSSR count). The van der Waals surface area contributed by atoms with Gasteiger partial charge in [-0.15, -0.1) is 0 Å². The summed E-state index contributed by atoms with van der Waals surface area (Å²) >= 11 is 0. The number of nitrogens with one attached hydrogen (secondary N) is 1. The number of carbonyl (C=O) groups is 1. The number of nitrogens with zero attached hydrogens (tertiary/aromatic N) is 2. The van der Waals surface area contributed by atoms with Crippen molar-refractivity contribution in [1.82, 2.24) is 9.88 Å². The third-order valence-electron chi connectivity index (χ3n) is 5.84. The Hall–Kier alpha value is -3.46. The predicted octanol–water partition coefficient (Wildman–Crippen LogP) is 4.14. The molecule has 1 atom stereocenters.